The van der Waals surface area contributed by atoms with Crippen molar-refractivity contribution >= 4 is 11.6 Å². The zero-order valence-corrected chi connectivity index (χ0v) is 10.6. The molecule has 0 radical (unpaired) electrons. The van der Waals surface area contributed by atoms with Gasteiger partial charge in [-0.15, -0.1) is 0 Å². The first-order chi connectivity index (χ1) is 9.24. The summed E-state index contributed by atoms with van der Waals surface area (Å²) in [6.07, 6.45) is 4.00. The number of pyridine rings is 1. The molecule has 0 atom stereocenters. The number of hydrogen-bond acceptors (Lipinski definition) is 3. The first-order valence-electron chi connectivity index (χ1n) is 6.22. The van der Waals surface area contributed by atoms with Crippen LogP contribution in [0.2, 0.25) is 0 Å². The maximum atomic E-state index is 11.5. The summed E-state index contributed by atoms with van der Waals surface area (Å²) < 4.78 is 5.62. The molecule has 1 aliphatic rings. The van der Waals surface area contributed by atoms with Crippen LogP contribution in [-0.4, -0.2) is 17.5 Å². The molecule has 4 heteroatoms. The fraction of sp³-hybridized carbons (Fsp3) is 0.200. The van der Waals surface area contributed by atoms with Crippen LogP contribution >= 0.6 is 0 Å². The third-order valence-corrected chi connectivity index (χ3v) is 3.19. The molecule has 3 rings (SSSR count). The Bertz CT molecular complexity index is 638. The number of carbonyl (C=O) groups is 1. The van der Waals surface area contributed by atoms with Crippen molar-refractivity contribution in [3.8, 4) is 16.9 Å². The maximum absolute atomic E-state index is 11.5. The lowest BCUT2D eigenvalue weighted by Crippen LogP contribution is -2.10. The highest BCUT2D eigenvalue weighted by atomic mass is 16.5. The van der Waals surface area contributed by atoms with Gasteiger partial charge in [-0.25, -0.2) is 0 Å². The van der Waals surface area contributed by atoms with E-state index in [1.165, 1.54) is 0 Å². The van der Waals surface area contributed by atoms with Crippen LogP contribution in [-0.2, 0) is 4.79 Å². The SMILES string of the molecule is Cc1ccncc1-c1ccc2c(c1)OCCC(=O)N2. The van der Waals surface area contributed by atoms with Crippen LogP contribution in [0.5, 0.6) is 5.75 Å². The Morgan fingerprint density at radius 3 is 3.05 bits per heavy atom. The molecule has 19 heavy (non-hydrogen) atoms. The molecule has 96 valence electrons. The van der Waals surface area contributed by atoms with E-state index in [1.54, 1.807) is 6.20 Å². The largest absolute Gasteiger partial charge is 0.491 e. The van der Waals surface area contributed by atoms with Crippen LogP contribution in [0.25, 0.3) is 11.1 Å². The van der Waals surface area contributed by atoms with Gasteiger partial charge in [-0.3, -0.25) is 9.78 Å². The average molecular weight is 254 g/mol. The van der Waals surface area contributed by atoms with E-state index in [2.05, 4.69) is 10.3 Å². The van der Waals surface area contributed by atoms with Crippen molar-refractivity contribution in [1.29, 1.82) is 0 Å². The van der Waals surface area contributed by atoms with Crippen molar-refractivity contribution in [1.82, 2.24) is 4.98 Å². The predicted molar refractivity (Wildman–Crippen MR) is 73.2 cm³/mol. The number of rotatable bonds is 1. The van der Waals surface area contributed by atoms with Crippen LogP contribution in [0, 0.1) is 6.92 Å². The number of nitrogens with zero attached hydrogens (tertiary/aromatic N) is 1. The highest BCUT2D eigenvalue weighted by Gasteiger charge is 2.14. The van der Waals surface area contributed by atoms with Crippen molar-refractivity contribution in [3.05, 3.63) is 42.2 Å². The topological polar surface area (TPSA) is 51.2 Å². The predicted octanol–water partition coefficient (Wildman–Crippen LogP) is 2.78. The van der Waals surface area contributed by atoms with Gasteiger partial charge < -0.3 is 10.1 Å². The fourth-order valence-corrected chi connectivity index (χ4v) is 2.15. The number of anilines is 1. The van der Waals surface area contributed by atoms with Crippen LogP contribution in [0.4, 0.5) is 5.69 Å². The Kier molecular flexibility index (Phi) is 2.91. The van der Waals surface area contributed by atoms with Gasteiger partial charge in [0.2, 0.25) is 5.91 Å². The Morgan fingerprint density at radius 2 is 2.21 bits per heavy atom. The number of fused-ring (bicyclic) bond motifs is 1. The van der Waals surface area contributed by atoms with Crippen molar-refractivity contribution in [2.75, 3.05) is 11.9 Å². The molecule has 0 unspecified atom stereocenters. The molecule has 1 aliphatic heterocycles. The zero-order chi connectivity index (χ0) is 13.2. The zero-order valence-electron chi connectivity index (χ0n) is 10.6. The summed E-state index contributed by atoms with van der Waals surface area (Å²) in [5.41, 5.74) is 4.00. The van der Waals surface area contributed by atoms with Gasteiger partial charge in [-0.2, -0.15) is 0 Å². The lowest BCUT2D eigenvalue weighted by Gasteiger charge is -2.10. The Labute approximate surface area is 111 Å². The molecular weight excluding hydrogens is 240 g/mol. The smallest absolute Gasteiger partial charge is 0.227 e. The lowest BCUT2D eigenvalue weighted by atomic mass is 10.0. The molecule has 0 fully saturated rings. The molecular formula is C15H14N2O2. The summed E-state index contributed by atoms with van der Waals surface area (Å²) in [4.78, 5) is 15.6. The number of carbonyl (C=O) groups excluding carboxylic acids is 1. The van der Waals surface area contributed by atoms with Gasteiger partial charge in [0.25, 0.3) is 0 Å². The van der Waals surface area contributed by atoms with Gasteiger partial charge in [-0.05, 0) is 36.2 Å². The molecule has 0 saturated carbocycles. The van der Waals surface area contributed by atoms with Gasteiger partial charge in [0.1, 0.15) is 5.75 Å². The second-order valence-corrected chi connectivity index (χ2v) is 4.55. The van der Waals surface area contributed by atoms with Gasteiger partial charge in [0.05, 0.1) is 18.7 Å². The van der Waals surface area contributed by atoms with E-state index in [9.17, 15) is 4.79 Å². The molecule has 1 aromatic heterocycles. The first kappa shape index (κ1) is 11.7. The Morgan fingerprint density at radius 1 is 1.32 bits per heavy atom. The monoisotopic (exact) mass is 254 g/mol. The Hall–Kier alpha value is -2.36. The van der Waals surface area contributed by atoms with E-state index < -0.39 is 0 Å². The normalized spacial score (nSPS) is 14.1. The van der Waals surface area contributed by atoms with Crippen molar-refractivity contribution in [2.45, 2.75) is 13.3 Å². The number of hydrogen-bond donors (Lipinski definition) is 1. The van der Waals surface area contributed by atoms with Crippen molar-refractivity contribution < 1.29 is 9.53 Å². The Balaban J connectivity index is 2.04. The van der Waals surface area contributed by atoms with E-state index in [0.29, 0.717) is 18.8 Å². The minimum Gasteiger partial charge on any atom is -0.491 e. The number of benzene rings is 1. The molecule has 2 heterocycles. The van der Waals surface area contributed by atoms with E-state index in [-0.39, 0.29) is 5.91 Å². The van der Waals surface area contributed by atoms with E-state index >= 15 is 0 Å². The standard InChI is InChI=1S/C15H14N2O2/c1-10-4-6-16-9-12(10)11-2-3-13-14(8-11)19-7-5-15(18)17-13/h2-4,6,8-9H,5,7H2,1H3,(H,17,18). The van der Waals surface area contributed by atoms with Crippen molar-refractivity contribution in [2.24, 2.45) is 0 Å². The number of amides is 1. The lowest BCUT2D eigenvalue weighted by molar-refractivity contribution is -0.116. The van der Waals surface area contributed by atoms with Gasteiger partial charge in [0, 0.05) is 18.0 Å². The summed E-state index contributed by atoms with van der Waals surface area (Å²) in [6, 6.07) is 7.77. The molecule has 0 saturated heterocycles. The number of ether oxygens (including phenoxy) is 1. The van der Waals surface area contributed by atoms with Crippen LogP contribution < -0.4 is 10.1 Å². The number of aryl methyl sites for hydroxylation is 1. The van der Waals surface area contributed by atoms with Gasteiger partial charge >= 0.3 is 0 Å². The summed E-state index contributed by atoms with van der Waals surface area (Å²) in [7, 11) is 0. The second kappa shape index (κ2) is 4.72. The van der Waals surface area contributed by atoms with Crippen LogP contribution in [0.1, 0.15) is 12.0 Å². The van der Waals surface area contributed by atoms with E-state index in [0.717, 1.165) is 22.4 Å². The fourth-order valence-electron chi connectivity index (χ4n) is 2.15. The third-order valence-electron chi connectivity index (χ3n) is 3.19. The first-order valence-corrected chi connectivity index (χ1v) is 6.22. The minimum absolute atomic E-state index is 0.0101. The van der Waals surface area contributed by atoms with E-state index in [4.69, 9.17) is 4.74 Å². The second-order valence-electron chi connectivity index (χ2n) is 4.55. The molecule has 1 aromatic carbocycles. The summed E-state index contributed by atoms with van der Waals surface area (Å²) in [5, 5.41) is 2.84. The molecule has 1 N–H and O–H groups in total. The van der Waals surface area contributed by atoms with E-state index in [1.807, 2.05) is 37.4 Å². The quantitative estimate of drug-likeness (QED) is 0.851. The van der Waals surface area contributed by atoms with Crippen molar-refractivity contribution in [3.63, 3.8) is 0 Å². The summed E-state index contributed by atoms with van der Waals surface area (Å²) >= 11 is 0. The maximum Gasteiger partial charge on any atom is 0.227 e. The van der Waals surface area contributed by atoms with Gasteiger partial charge in [-0.1, -0.05) is 6.07 Å². The molecule has 0 aliphatic carbocycles. The van der Waals surface area contributed by atoms with Crippen LogP contribution in [0.3, 0.4) is 0 Å². The minimum atomic E-state index is -0.0101. The molecule has 4 nitrogen and oxygen atoms in total. The molecule has 1 amide bonds. The van der Waals surface area contributed by atoms with Crippen LogP contribution in [0.15, 0.2) is 36.7 Å². The molecule has 2 aromatic rings. The average Bonchev–Trinajstić information content (AvgIpc) is 2.59. The molecule has 0 spiro atoms. The third kappa shape index (κ3) is 2.29. The number of nitrogens with one attached hydrogen (secondary N) is 1. The highest BCUT2D eigenvalue weighted by molar-refractivity contribution is 5.93. The summed E-state index contributed by atoms with van der Waals surface area (Å²) in [5.74, 6) is 0.704. The summed E-state index contributed by atoms with van der Waals surface area (Å²) in [6.45, 7) is 2.46. The highest BCUT2D eigenvalue weighted by Crippen LogP contribution is 2.33. The number of aromatic nitrogens is 1. The van der Waals surface area contributed by atoms with Gasteiger partial charge in [0.15, 0.2) is 0 Å². The molecule has 0 bridgehead atoms.